The molecule has 0 aliphatic carbocycles. The van der Waals surface area contributed by atoms with Crippen molar-refractivity contribution in [3.63, 3.8) is 0 Å². The summed E-state index contributed by atoms with van der Waals surface area (Å²) < 4.78 is 26.0. The van der Waals surface area contributed by atoms with Gasteiger partial charge in [0.05, 0.1) is 0 Å². The highest BCUT2D eigenvalue weighted by atomic mass is 35.5. The average Bonchev–Trinajstić information content (AvgIpc) is 2.25. The van der Waals surface area contributed by atoms with Gasteiger partial charge in [-0.25, -0.2) is 13.8 Å². The van der Waals surface area contributed by atoms with Crippen molar-refractivity contribution in [2.75, 3.05) is 13.1 Å². The quantitative estimate of drug-likeness (QED) is 0.759. The molecule has 0 spiro atoms. The van der Waals surface area contributed by atoms with Crippen molar-refractivity contribution in [2.24, 2.45) is 0 Å². The molecule has 94 valence electrons. The molecule has 0 aromatic carbocycles. The smallest absolute Gasteiger partial charge is 0.250 e. The Morgan fingerprint density at radius 1 is 1.35 bits per heavy atom. The first-order valence-electron chi connectivity index (χ1n) is 5.68. The molecule has 0 bridgehead atoms. The molecule has 2 rings (SSSR count). The molecule has 17 heavy (non-hydrogen) atoms. The van der Waals surface area contributed by atoms with E-state index in [-0.39, 0.29) is 12.8 Å². The highest BCUT2D eigenvalue weighted by Gasteiger charge is 2.33. The Hall–Kier alpha value is -0.740. The third-order valence-corrected chi connectivity index (χ3v) is 3.35. The number of pyridine rings is 1. The normalized spacial score (nSPS) is 20.5. The number of alkyl halides is 2. The first kappa shape index (κ1) is 12.7. The SMILES string of the molecule is Cc1nc(Cl)ccc1CN1CCC(F)(F)CC1. The molecule has 1 aliphatic heterocycles. The second kappa shape index (κ2) is 4.86. The summed E-state index contributed by atoms with van der Waals surface area (Å²) in [7, 11) is 0. The van der Waals surface area contributed by atoms with Crippen molar-refractivity contribution in [3.05, 3.63) is 28.5 Å². The van der Waals surface area contributed by atoms with Crippen LogP contribution in [0.5, 0.6) is 0 Å². The molecule has 0 saturated carbocycles. The van der Waals surface area contributed by atoms with Gasteiger partial charge in [-0.15, -0.1) is 0 Å². The molecule has 0 amide bonds. The maximum atomic E-state index is 13.0. The number of piperidine rings is 1. The summed E-state index contributed by atoms with van der Waals surface area (Å²) in [5.41, 5.74) is 1.93. The standard InChI is InChI=1S/C12H15ClF2N2/c1-9-10(2-3-11(13)16-9)8-17-6-4-12(14,15)5-7-17/h2-3H,4-8H2,1H3. The van der Waals surface area contributed by atoms with Crippen LogP contribution >= 0.6 is 11.6 Å². The van der Waals surface area contributed by atoms with Crippen molar-refractivity contribution in [3.8, 4) is 0 Å². The molecule has 0 radical (unpaired) electrons. The predicted octanol–water partition coefficient (Wildman–Crippen LogP) is 3.27. The summed E-state index contributed by atoms with van der Waals surface area (Å²) in [6, 6.07) is 3.65. The van der Waals surface area contributed by atoms with Crippen LogP contribution in [0.2, 0.25) is 5.15 Å². The van der Waals surface area contributed by atoms with E-state index in [1.165, 1.54) is 0 Å². The van der Waals surface area contributed by atoms with Gasteiger partial charge in [-0.3, -0.25) is 4.90 Å². The van der Waals surface area contributed by atoms with E-state index >= 15 is 0 Å². The minimum Gasteiger partial charge on any atom is -0.299 e. The molecular formula is C12H15ClF2N2. The largest absolute Gasteiger partial charge is 0.299 e. The van der Waals surface area contributed by atoms with E-state index in [9.17, 15) is 8.78 Å². The van der Waals surface area contributed by atoms with E-state index in [0.29, 0.717) is 24.8 Å². The lowest BCUT2D eigenvalue weighted by Crippen LogP contribution is -2.38. The molecule has 1 aromatic heterocycles. The van der Waals surface area contributed by atoms with Gasteiger partial charge < -0.3 is 0 Å². The van der Waals surface area contributed by atoms with Gasteiger partial charge in [0.1, 0.15) is 5.15 Å². The average molecular weight is 261 g/mol. The third kappa shape index (κ3) is 3.36. The number of aromatic nitrogens is 1. The summed E-state index contributed by atoms with van der Waals surface area (Å²) in [5, 5.41) is 0.469. The lowest BCUT2D eigenvalue weighted by atomic mass is 10.1. The minimum absolute atomic E-state index is 0.0485. The molecule has 5 heteroatoms. The van der Waals surface area contributed by atoms with Crippen LogP contribution in [0.15, 0.2) is 12.1 Å². The van der Waals surface area contributed by atoms with Crippen LogP contribution < -0.4 is 0 Å². The van der Waals surface area contributed by atoms with Gasteiger partial charge in [0.2, 0.25) is 0 Å². The second-order valence-corrected chi connectivity index (χ2v) is 4.90. The molecule has 1 saturated heterocycles. The Balaban J connectivity index is 1.98. The van der Waals surface area contributed by atoms with E-state index in [2.05, 4.69) is 4.98 Å². The van der Waals surface area contributed by atoms with Crippen molar-refractivity contribution in [1.29, 1.82) is 0 Å². The van der Waals surface area contributed by atoms with Crippen molar-refractivity contribution < 1.29 is 8.78 Å². The van der Waals surface area contributed by atoms with Gasteiger partial charge in [0.25, 0.3) is 5.92 Å². The van der Waals surface area contributed by atoms with E-state index in [1.54, 1.807) is 6.07 Å². The van der Waals surface area contributed by atoms with Crippen molar-refractivity contribution in [2.45, 2.75) is 32.2 Å². The number of hydrogen-bond acceptors (Lipinski definition) is 2. The van der Waals surface area contributed by atoms with Gasteiger partial charge in [-0.1, -0.05) is 17.7 Å². The van der Waals surface area contributed by atoms with Crippen molar-refractivity contribution >= 4 is 11.6 Å². The summed E-state index contributed by atoms with van der Waals surface area (Å²) in [6.45, 7) is 3.44. The lowest BCUT2D eigenvalue weighted by molar-refractivity contribution is -0.0566. The molecule has 0 unspecified atom stereocenters. The minimum atomic E-state index is -2.48. The molecule has 1 aliphatic rings. The molecule has 1 aromatic rings. The maximum absolute atomic E-state index is 13.0. The summed E-state index contributed by atoms with van der Waals surface area (Å²) in [4.78, 5) is 6.20. The zero-order valence-electron chi connectivity index (χ0n) is 9.72. The Bertz CT molecular complexity index is 399. The van der Waals surface area contributed by atoms with Crippen LogP contribution in [0.1, 0.15) is 24.1 Å². The van der Waals surface area contributed by atoms with E-state index in [1.807, 2.05) is 17.9 Å². The van der Waals surface area contributed by atoms with Crippen LogP contribution in [0.25, 0.3) is 0 Å². The fourth-order valence-electron chi connectivity index (χ4n) is 2.01. The zero-order chi connectivity index (χ0) is 12.5. The van der Waals surface area contributed by atoms with Gasteiger partial charge in [-0.2, -0.15) is 0 Å². The number of rotatable bonds is 2. The molecule has 0 N–H and O–H groups in total. The van der Waals surface area contributed by atoms with E-state index < -0.39 is 5.92 Å². The molecule has 0 atom stereocenters. The second-order valence-electron chi connectivity index (χ2n) is 4.51. The van der Waals surface area contributed by atoms with Crippen LogP contribution in [-0.4, -0.2) is 28.9 Å². The fourth-order valence-corrected chi connectivity index (χ4v) is 2.20. The first-order valence-corrected chi connectivity index (χ1v) is 6.06. The third-order valence-electron chi connectivity index (χ3n) is 3.14. The Kier molecular flexibility index (Phi) is 3.64. The zero-order valence-corrected chi connectivity index (χ0v) is 10.5. The number of likely N-dealkylation sites (tertiary alicyclic amines) is 1. The molecular weight excluding hydrogens is 246 g/mol. The van der Waals surface area contributed by atoms with Crippen molar-refractivity contribution in [1.82, 2.24) is 9.88 Å². The van der Waals surface area contributed by atoms with Gasteiger partial charge in [-0.05, 0) is 18.6 Å². The van der Waals surface area contributed by atoms with Crippen LogP contribution in [-0.2, 0) is 6.54 Å². The van der Waals surface area contributed by atoms with E-state index in [4.69, 9.17) is 11.6 Å². The van der Waals surface area contributed by atoms with Gasteiger partial charge in [0, 0.05) is 38.2 Å². The van der Waals surface area contributed by atoms with Gasteiger partial charge >= 0.3 is 0 Å². The fraction of sp³-hybridized carbons (Fsp3) is 0.583. The molecule has 2 nitrogen and oxygen atoms in total. The molecule has 1 fully saturated rings. The topological polar surface area (TPSA) is 16.1 Å². The highest BCUT2D eigenvalue weighted by molar-refractivity contribution is 6.29. The highest BCUT2D eigenvalue weighted by Crippen LogP contribution is 2.28. The monoisotopic (exact) mass is 260 g/mol. The Morgan fingerprint density at radius 2 is 2.00 bits per heavy atom. The Morgan fingerprint density at radius 3 is 2.59 bits per heavy atom. The number of aryl methyl sites for hydroxylation is 1. The maximum Gasteiger partial charge on any atom is 0.250 e. The molecule has 2 heterocycles. The number of nitrogens with zero attached hydrogens (tertiary/aromatic N) is 2. The first-order chi connectivity index (χ1) is 7.96. The summed E-state index contributed by atoms with van der Waals surface area (Å²) in [6.07, 6.45) is -0.0971. The lowest BCUT2D eigenvalue weighted by Gasteiger charge is -2.31. The summed E-state index contributed by atoms with van der Waals surface area (Å²) in [5.74, 6) is -2.48. The Labute approximate surface area is 105 Å². The van der Waals surface area contributed by atoms with Gasteiger partial charge in [0.15, 0.2) is 0 Å². The van der Waals surface area contributed by atoms with Crippen LogP contribution in [0.4, 0.5) is 8.78 Å². The van der Waals surface area contributed by atoms with Crippen LogP contribution in [0, 0.1) is 6.92 Å². The number of halogens is 3. The number of hydrogen-bond donors (Lipinski definition) is 0. The van der Waals surface area contributed by atoms with E-state index in [0.717, 1.165) is 11.3 Å². The van der Waals surface area contributed by atoms with Crippen LogP contribution in [0.3, 0.4) is 0 Å². The predicted molar refractivity (Wildman–Crippen MR) is 63.4 cm³/mol. The summed E-state index contributed by atoms with van der Waals surface area (Å²) >= 11 is 5.77.